The van der Waals surface area contributed by atoms with Gasteiger partial charge in [-0.05, 0) is 24.1 Å². The van der Waals surface area contributed by atoms with E-state index < -0.39 is 0 Å². The van der Waals surface area contributed by atoms with Crippen molar-refractivity contribution in [2.24, 2.45) is 5.73 Å². The molecule has 0 fully saturated rings. The first-order valence-electron chi connectivity index (χ1n) is 4.99. The summed E-state index contributed by atoms with van der Waals surface area (Å²) >= 11 is 0. The fraction of sp³-hybridized carbons (Fsp3) is 0.273. The Morgan fingerprint density at radius 1 is 1.00 bits per heavy atom. The predicted octanol–water partition coefficient (Wildman–Crippen LogP) is 0.828. The molecule has 2 N–H and O–H groups in total. The van der Waals surface area contributed by atoms with Crippen LogP contribution in [0.5, 0.6) is 0 Å². The minimum atomic E-state index is 0.699. The molecule has 0 radical (unpaired) electrons. The van der Waals surface area contributed by atoms with Gasteiger partial charge in [0.05, 0.1) is 0 Å². The van der Waals surface area contributed by atoms with Crippen LogP contribution in [0.2, 0.25) is 0 Å². The number of rotatable bonds is 4. The Bertz CT molecular complexity index is 391. The van der Waals surface area contributed by atoms with Gasteiger partial charge in [0.2, 0.25) is 0 Å². The molecule has 0 atom stereocenters. The van der Waals surface area contributed by atoms with Crippen LogP contribution in [0, 0.1) is 0 Å². The molecule has 15 heavy (non-hydrogen) atoms. The lowest BCUT2D eigenvalue weighted by Crippen LogP contribution is -2.03. The van der Waals surface area contributed by atoms with Gasteiger partial charge in [-0.15, -0.1) is 10.2 Å². The molecule has 78 valence electrons. The van der Waals surface area contributed by atoms with Crippen LogP contribution in [0.4, 0.5) is 0 Å². The first-order chi connectivity index (χ1) is 7.38. The largest absolute Gasteiger partial charge is 0.330 e. The van der Waals surface area contributed by atoms with Gasteiger partial charge in [-0.1, -0.05) is 24.3 Å². The number of aromatic nitrogens is 3. The third kappa shape index (κ3) is 2.63. The third-order valence-corrected chi connectivity index (χ3v) is 2.29. The Kier molecular flexibility index (Phi) is 3.09. The Morgan fingerprint density at radius 3 is 2.20 bits per heavy atom. The quantitative estimate of drug-likeness (QED) is 0.798. The molecule has 0 saturated heterocycles. The SMILES string of the molecule is NCCc1ccc(Cn2cnnc2)cc1. The van der Waals surface area contributed by atoms with E-state index in [-0.39, 0.29) is 0 Å². The zero-order valence-corrected chi connectivity index (χ0v) is 8.50. The molecule has 1 aromatic carbocycles. The Balaban J connectivity index is 2.04. The summed E-state index contributed by atoms with van der Waals surface area (Å²) in [7, 11) is 0. The van der Waals surface area contributed by atoms with Crippen LogP contribution in [-0.4, -0.2) is 21.3 Å². The highest BCUT2D eigenvalue weighted by Gasteiger charge is 1.95. The first-order valence-corrected chi connectivity index (χ1v) is 4.99. The standard InChI is InChI=1S/C11H14N4/c12-6-5-10-1-3-11(4-2-10)7-15-8-13-14-9-15/h1-4,8-9H,5-7,12H2. The van der Waals surface area contributed by atoms with Gasteiger partial charge in [0, 0.05) is 6.54 Å². The van der Waals surface area contributed by atoms with Crippen LogP contribution in [0.3, 0.4) is 0 Å². The average Bonchev–Trinajstić information content (AvgIpc) is 2.74. The summed E-state index contributed by atoms with van der Waals surface area (Å²) in [5, 5.41) is 7.52. The van der Waals surface area contributed by atoms with Crippen molar-refractivity contribution in [3.05, 3.63) is 48.0 Å². The smallest absolute Gasteiger partial charge is 0.119 e. The van der Waals surface area contributed by atoms with Crippen LogP contribution >= 0.6 is 0 Å². The van der Waals surface area contributed by atoms with E-state index >= 15 is 0 Å². The summed E-state index contributed by atoms with van der Waals surface area (Å²) in [5.41, 5.74) is 8.02. The van der Waals surface area contributed by atoms with Crippen molar-refractivity contribution < 1.29 is 0 Å². The second-order valence-corrected chi connectivity index (χ2v) is 3.49. The topological polar surface area (TPSA) is 56.7 Å². The summed E-state index contributed by atoms with van der Waals surface area (Å²) in [4.78, 5) is 0. The number of nitrogens with two attached hydrogens (primary N) is 1. The van der Waals surface area contributed by atoms with E-state index in [2.05, 4.69) is 34.5 Å². The molecule has 0 saturated carbocycles. The van der Waals surface area contributed by atoms with Crippen LogP contribution in [-0.2, 0) is 13.0 Å². The molecule has 0 aliphatic rings. The lowest BCUT2D eigenvalue weighted by atomic mass is 10.1. The summed E-state index contributed by atoms with van der Waals surface area (Å²) in [6.07, 6.45) is 4.37. The molecule has 0 spiro atoms. The summed E-state index contributed by atoms with van der Waals surface area (Å²) < 4.78 is 1.94. The molecule has 1 aromatic heterocycles. The maximum absolute atomic E-state index is 5.49. The maximum Gasteiger partial charge on any atom is 0.119 e. The summed E-state index contributed by atoms with van der Waals surface area (Å²) in [6, 6.07) is 8.47. The van der Waals surface area contributed by atoms with Crippen molar-refractivity contribution in [3.63, 3.8) is 0 Å². The Hall–Kier alpha value is -1.68. The molecule has 0 unspecified atom stereocenters. The van der Waals surface area contributed by atoms with Gasteiger partial charge in [-0.2, -0.15) is 0 Å². The van der Waals surface area contributed by atoms with E-state index in [0.717, 1.165) is 13.0 Å². The summed E-state index contributed by atoms with van der Waals surface area (Å²) in [6.45, 7) is 1.51. The van der Waals surface area contributed by atoms with Crippen LogP contribution in [0.25, 0.3) is 0 Å². The highest BCUT2D eigenvalue weighted by atomic mass is 15.2. The van der Waals surface area contributed by atoms with Crippen molar-refractivity contribution in [1.29, 1.82) is 0 Å². The molecule has 0 aliphatic heterocycles. The fourth-order valence-corrected chi connectivity index (χ4v) is 1.49. The van der Waals surface area contributed by atoms with Crippen LogP contribution < -0.4 is 5.73 Å². The van der Waals surface area contributed by atoms with E-state index in [9.17, 15) is 0 Å². The normalized spacial score (nSPS) is 10.5. The average molecular weight is 202 g/mol. The fourth-order valence-electron chi connectivity index (χ4n) is 1.49. The highest BCUT2D eigenvalue weighted by Crippen LogP contribution is 2.06. The third-order valence-electron chi connectivity index (χ3n) is 2.29. The molecular weight excluding hydrogens is 188 g/mol. The van der Waals surface area contributed by atoms with Gasteiger partial charge in [0.15, 0.2) is 0 Å². The molecule has 0 aliphatic carbocycles. The first kappa shape index (κ1) is 9.86. The summed E-state index contributed by atoms with van der Waals surface area (Å²) in [5.74, 6) is 0. The number of hydrogen-bond acceptors (Lipinski definition) is 3. The van der Waals surface area contributed by atoms with Crippen molar-refractivity contribution in [2.45, 2.75) is 13.0 Å². The number of nitrogens with zero attached hydrogens (tertiary/aromatic N) is 3. The number of hydrogen-bond donors (Lipinski definition) is 1. The van der Waals surface area contributed by atoms with Crippen molar-refractivity contribution in [3.8, 4) is 0 Å². The Labute approximate surface area is 88.8 Å². The van der Waals surface area contributed by atoms with Crippen LogP contribution in [0.1, 0.15) is 11.1 Å². The lowest BCUT2D eigenvalue weighted by Gasteiger charge is -2.03. The minimum absolute atomic E-state index is 0.699. The molecule has 1 heterocycles. The van der Waals surface area contributed by atoms with Crippen molar-refractivity contribution in [2.75, 3.05) is 6.54 Å². The Morgan fingerprint density at radius 2 is 1.60 bits per heavy atom. The van der Waals surface area contributed by atoms with Crippen LogP contribution in [0.15, 0.2) is 36.9 Å². The van der Waals surface area contributed by atoms with Gasteiger partial charge in [0.25, 0.3) is 0 Å². The number of benzene rings is 1. The van der Waals surface area contributed by atoms with E-state index in [1.54, 1.807) is 12.7 Å². The van der Waals surface area contributed by atoms with Gasteiger partial charge < -0.3 is 10.3 Å². The molecule has 0 bridgehead atoms. The zero-order chi connectivity index (χ0) is 10.5. The van der Waals surface area contributed by atoms with Gasteiger partial charge in [-0.3, -0.25) is 0 Å². The zero-order valence-electron chi connectivity index (χ0n) is 8.50. The second kappa shape index (κ2) is 4.70. The minimum Gasteiger partial charge on any atom is -0.330 e. The van der Waals surface area contributed by atoms with E-state index in [0.29, 0.717) is 6.54 Å². The van der Waals surface area contributed by atoms with E-state index in [1.165, 1.54) is 11.1 Å². The monoisotopic (exact) mass is 202 g/mol. The van der Waals surface area contributed by atoms with Gasteiger partial charge in [-0.25, -0.2) is 0 Å². The molecular formula is C11H14N4. The second-order valence-electron chi connectivity index (χ2n) is 3.49. The van der Waals surface area contributed by atoms with Crippen molar-refractivity contribution in [1.82, 2.24) is 14.8 Å². The molecule has 0 amide bonds. The molecule has 2 rings (SSSR count). The maximum atomic E-state index is 5.49. The lowest BCUT2D eigenvalue weighted by molar-refractivity contribution is 0.793. The van der Waals surface area contributed by atoms with Gasteiger partial charge >= 0.3 is 0 Å². The predicted molar refractivity (Wildman–Crippen MR) is 58.3 cm³/mol. The van der Waals surface area contributed by atoms with Gasteiger partial charge in [0.1, 0.15) is 12.7 Å². The molecule has 4 heteroatoms. The highest BCUT2D eigenvalue weighted by molar-refractivity contribution is 5.22. The van der Waals surface area contributed by atoms with E-state index in [1.807, 2.05) is 4.57 Å². The molecule has 2 aromatic rings. The molecule has 4 nitrogen and oxygen atoms in total. The van der Waals surface area contributed by atoms with E-state index in [4.69, 9.17) is 5.73 Å². The van der Waals surface area contributed by atoms with Crippen molar-refractivity contribution >= 4 is 0 Å².